The largest absolute Gasteiger partial charge is 0.507 e. The first-order chi connectivity index (χ1) is 15.5. The second-order valence-electron chi connectivity index (χ2n) is 7.35. The van der Waals surface area contributed by atoms with E-state index in [-0.39, 0.29) is 30.4 Å². The molecule has 1 aromatic heterocycles. The fourth-order valence-corrected chi connectivity index (χ4v) is 4.62. The standard InChI is InChI=1S/C24H17N3O4S/c28-19-9-8-15(13-17(19)24-26-18-6-1-2-7-20(18)32-24)25-23(31)14-4-3-5-16(12-14)27-21(29)10-11-22(27)30/h1-9,12-13,28H,10-11H2,(H,25,31). The maximum atomic E-state index is 12.8. The smallest absolute Gasteiger partial charge is 0.255 e. The summed E-state index contributed by atoms with van der Waals surface area (Å²) in [6, 6.07) is 18.9. The van der Waals surface area contributed by atoms with Crippen molar-refractivity contribution in [2.24, 2.45) is 0 Å². The molecule has 1 aliphatic heterocycles. The van der Waals surface area contributed by atoms with Crippen LogP contribution < -0.4 is 10.2 Å². The predicted molar refractivity (Wildman–Crippen MR) is 123 cm³/mol. The molecule has 2 heterocycles. The molecule has 8 heteroatoms. The molecule has 0 aliphatic carbocycles. The molecule has 1 aliphatic rings. The molecule has 0 saturated carbocycles. The van der Waals surface area contributed by atoms with Crippen molar-refractivity contribution in [3.8, 4) is 16.3 Å². The van der Waals surface area contributed by atoms with E-state index in [0.29, 0.717) is 27.5 Å². The van der Waals surface area contributed by atoms with E-state index in [1.54, 1.807) is 30.3 Å². The zero-order valence-electron chi connectivity index (χ0n) is 16.7. The van der Waals surface area contributed by atoms with E-state index in [2.05, 4.69) is 10.3 Å². The summed E-state index contributed by atoms with van der Waals surface area (Å²) in [6.45, 7) is 0. The lowest BCUT2D eigenvalue weighted by Gasteiger charge is -2.15. The van der Waals surface area contributed by atoms with E-state index in [1.807, 2.05) is 24.3 Å². The summed E-state index contributed by atoms with van der Waals surface area (Å²) in [4.78, 5) is 42.5. The number of hydrogen-bond acceptors (Lipinski definition) is 6. The third-order valence-electron chi connectivity index (χ3n) is 5.20. The van der Waals surface area contributed by atoms with Gasteiger partial charge in [-0.1, -0.05) is 18.2 Å². The van der Waals surface area contributed by atoms with Crippen LogP contribution in [-0.2, 0) is 9.59 Å². The van der Waals surface area contributed by atoms with Crippen LogP contribution in [0.5, 0.6) is 5.75 Å². The molecule has 158 valence electrons. The van der Waals surface area contributed by atoms with E-state index in [4.69, 9.17) is 0 Å². The topological polar surface area (TPSA) is 99.6 Å². The van der Waals surface area contributed by atoms with Crippen LogP contribution in [0.2, 0.25) is 0 Å². The third kappa shape index (κ3) is 3.61. The highest BCUT2D eigenvalue weighted by atomic mass is 32.1. The lowest BCUT2D eigenvalue weighted by Crippen LogP contribution is -2.28. The lowest BCUT2D eigenvalue weighted by molar-refractivity contribution is -0.121. The van der Waals surface area contributed by atoms with Gasteiger partial charge in [-0.3, -0.25) is 19.3 Å². The summed E-state index contributed by atoms with van der Waals surface area (Å²) in [5, 5.41) is 13.8. The van der Waals surface area contributed by atoms with Crippen molar-refractivity contribution in [3.63, 3.8) is 0 Å². The number of amides is 3. The average molecular weight is 443 g/mol. The number of para-hydroxylation sites is 1. The maximum absolute atomic E-state index is 12.8. The second-order valence-corrected chi connectivity index (χ2v) is 8.38. The summed E-state index contributed by atoms with van der Waals surface area (Å²) >= 11 is 1.45. The van der Waals surface area contributed by atoms with Crippen LogP contribution in [0.25, 0.3) is 20.8 Å². The Morgan fingerprint density at radius 3 is 2.53 bits per heavy atom. The van der Waals surface area contributed by atoms with Crippen LogP contribution in [0.4, 0.5) is 11.4 Å². The Hall–Kier alpha value is -4.04. The summed E-state index contributed by atoms with van der Waals surface area (Å²) in [6.07, 6.45) is 0.356. The molecule has 0 atom stereocenters. The predicted octanol–water partition coefficient (Wildman–Crippen LogP) is 4.57. The molecule has 1 saturated heterocycles. The molecule has 2 N–H and O–H groups in total. The number of hydrogen-bond donors (Lipinski definition) is 2. The minimum absolute atomic E-state index is 0.0649. The molecule has 3 amide bonds. The number of rotatable bonds is 4. The number of thiazole rings is 1. The molecular formula is C24H17N3O4S. The number of phenolic OH excluding ortho intramolecular Hbond substituents is 1. The van der Waals surface area contributed by atoms with Gasteiger partial charge in [0.2, 0.25) is 11.8 Å². The number of aromatic hydroxyl groups is 1. The van der Waals surface area contributed by atoms with E-state index in [9.17, 15) is 19.5 Å². The fraction of sp³-hybridized carbons (Fsp3) is 0.0833. The van der Waals surface area contributed by atoms with Gasteiger partial charge in [-0.2, -0.15) is 0 Å². The van der Waals surface area contributed by atoms with Gasteiger partial charge < -0.3 is 10.4 Å². The van der Waals surface area contributed by atoms with Gasteiger partial charge >= 0.3 is 0 Å². The van der Waals surface area contributed by atoms with Crippen molar-refractivity contribution in [2.45, 2.75) is 12.8 Å². The number of imide groups is 1. The fourth-order valence-electron chi connectivity index (χ4n) is 3.63. The number of nitrogens with zero attached hydrogens (tertiary/aromatic N) is 2. The molecule has 0 unspecified atom stereocenters. The van der Waals surface area contributed by atoms with Crippen molar-refractivity contribution < 1.29 is 19.5 Å². The number of aromatic nitrogens is 1. The Labute approximate surface area is 186 Å². The molecule has 7 nitrogen and oxygen atoms in total. The van der Waals surface area contributed by atoms with Crippen molar-refractivity contribution in [3.05, 3.63) is 72.3 Å². The van der Waals surface area contributed by atoms with Gasteiger partial charge in [0.15, 0.2) is 0 Å². The minimum atomic E-state index is -0.396. The maximum Gasteiger partial charge on any atom is 0.255 e. The van der Waals surface area contributed by atoms with E-state index >= 15 is 0 Å². The van der Waals surface area contributed by atoms with Crippen LogP contribution >= 0.6 is 11.3 Å². The first-order valence-electron chi connectivity index (χ1n) is 9.96. The number of carbonyl (C=O) groups excluding carboxylic acids is 3. The average Bonchev–Trinajstić information content (AvgIpc) is 3.37. The molecule has 0 radical (unpaired) electrons. The highest BCUT2D eigenvalue weighted by Gasteiger charge is 2.30. The Balaban J connectivity index is 1.42. The summed E-state index contributed by atoms with van der Waals surface area (Å²) in [5.41, 5.74) is 2.53. The van der Waals surface area contributed by atoms with E-state index in [1.165, 1.54) is 23.5 Å². The van der Waals surface area contributed by atoms with E-state index < -0.39 is 5.91 Å². The summed E-state index contributed by atoms with van der Waals surface area (Å²) in [7, 11) is 0. The molecule has 4 aromatic rings. The Bertz CT molecular complexity index is 1350. The van der Waals surface area contributed by atoms with Gasteiger partial charge in [-0.05, 0) is 48.5 Å². The first-order valence-corrected chi connectivity index (χ1v) is 10.8. The van der Waals surface area contributed by atoms with Gasteiger partial charge in [0, 0.05) is 24.1 Å². The molecule has 1 fully saturated rings. The summed E-state index contributed by atoms with van der Waals surface area (Å²) in [5.74, 6) is -0.875. The quantitative estimate of drug-likeness (QED) is 0.355. The van der Waals surface area contributed by atoms with Crippen LogP contribution in [-0.4, -0.2) is 27.8 Å². The third-order valence-corrected chi connectivity index (χ3v) is 6.27. The van der Waals surface area contributed by atoms with Crippen LogP contribution in [0.3, 0.4) is 0 Å². The minimum Gasteiger partial charge on any atom is -0.507 e. The number of anilines is 2. The van der Waals surface area contributed by atoms with Crippen LogP contribution in [0.1, 0.15) is 23.2 Å². The zero-order valence-corrected chi connectivity index (χ0v) is 17.6. The number of benzene rings is 3. The number of carbonyl (C=O) groups is 3. The Kier molecular flexibility index (Phi) is 4.91. The van der Waals surface area contributed by atoms with Crippen molar-refractivity contribution in [2.75, 3.05) is 10.2 Å². The zero-order chi connectivity index (χ0) is 22.2. The molecular weight excluding hydrogens is 426 g/mol. The van der Waals surface area contributed by atoms with Crippen molar-refractivity contribution in [1.29, 1.82) is 0 Å². The molecule has 5 rings (SSSR count). The number of fused-ring (bicyclic) bond motifs is 1. The normalized spacial score (nSPS) is 13.7. The number of nitrogens with one attached hydrogen (secondary N) is 1. The van der Waals surface area contributed by atoms with Gasteiger partial charge in [0.25, 0.3) is 5.91 Å². The van der Waals surface area contributed by atoms with Gasteiger partial charge in [0.05, 0.1) is 21.5 Å². The van der Waals surface area contributed by atoms with Gasteiger partial charge in [-0.25, -0.2) is 4.98 Å². The van der Waals surface area contributed by atoms with Crippen molar-refractivity contribution in [1.82, 2.24) is 4.98 Å². The monoisotopic (exact) mass is 443 g/mol. The second kappa shape index (κ2) is 7.90. The van der Waals surface area contributed by atoms with E-state index in [0.717, 1.165) is 15.1 Å². The van der Waals surface area contributed by atoms with Crippen LogP contribution in [0, 0.1) is 0 Å². The van der Waals surface area contributed by atoms with Gasteiger partial charge in [-0.15, -0.1) is 11.3 Å². The first kappa shape index (κ1) is 19.9. The van der Waals surface area contributed by atoms with Crippen LogP contribution in [0.15, 0.2) is 66.7 Å². The van der Waals surface area contributed by atoms with Crippen molar-refractivity contribution >= 4 is 50.6 Å². The highest BCUT2D eigenvalue weighted by Crippen LogP contribution is 2.37. The summed E-state index contributed by atoms with van der Waals surface area (Å²) < 4.78 is 0.999. The SMILES string of the molecule is O=C(Nc1ccc(O)c(-c2nc3ccccc3s2)c1)c1cccc(N2C(=O)CCC2=O)c1. The molecule has 0 bridgehead atoms. The highest BCUT2D eigenvalue weighted by molar-refractivity contribution is 7.21. The van der Waals surface area contributed by atoms with Gasteiger partial charge in [0.1, 0.15) is 10.8 Å². The number of phenols is 1. The molecule has 0 spiro atoms. The molecule has 3 aromatic carbocycles. The Morgan fingerprint density at radius 2 is 1.75 bits per heavy atom. The molecule has 32 heavy (non-hydrogen) atoms. The lowest BCUT2D eigenvalue weighted by atomic mass is 10.1. The Morgan fingerprint density at radius 1 is 0.969 bits per heavy atom.